The number of hydrogen-bond donors (Lipinski definition) is 1. The van der Waals surface area contributed by atoms with Crippen molar-refractivity contribution < 1.29 is 14.3 Å². The van der Waals surface area contributed by atoms with Crippen molar-refractivity contribution in [3.05, 3.63) is 24.3 Å². The van der Waals surface area contributed by atoms with Gasteiger partial charge in [0.05, 0.1) is 12.2 Å². The number of anilines is 1. The smallest absolute Gasteiger partial charge is 0.229 e. The molecule has 1 aliphatic heterocycles. The van der Waals surface area contributed by atoms with Gasteiger partial charge in [-0.05, 0) is 18.6 Å². The maximum atomic E-state index is 11.5. The van der Waals surface area contributed by atoms with Gasteiger partial charge in [-0.15, -0.1) is 0 Å². The van der Waals surface area contributed by atoms with Crippen LogP contribution < -0.4 is 10.5 Å². The van der Waals surface area contributed by atoms with Crippen LogP contribution in [0.4, 0.5) is 5.69 Å². The first-order valence-corrected chi connectivity index (χ1v) is 5.99. The molecule has 1 fully saturated rings. The van der Waals surface area contributed by atoms with Crippen molar-refractivity contribution in [2.75, 3.05) is 18.9 Å². The molecule has 0 saturated carbocycles. The molecule has 0 radical (unpaired) electrons. The molecule has 5 nitrogen and oxygen atoms in total. The topological polar surface area (TPSA) is 72.6 Å². The number of nitrogens with two attached hydrogens (primary N) is 1. The number of carbonyl (C=O) groups excluding carboxylic acids is 2. The number of amides is 2. The van der Waals surface area contributed by atoms with Crippen molar-refractivity contribution >= 4 is 17.5 Å². The Morgan fingerprint density at radius 2 is 1.83 bits per heavy atom. The molecule has 0 bridgehead atoms. The van der Waals surface area contributed by atoms with Crippen LogP contribution in [0.5, 0.6) is 5.75 Å². The summed E-state index contributed by atoms with van der Waals surface area (Å²) in [6.07, 6.45) is 1.54. The fourth-order valence-electron chi connectivity index (χ4n) is 1.91. The highest BCUT2D eigenvalue weighted by atomic mass is 16.5. The molecular formula is C13H16N2O3. The van der Waals surface area contributed by atoms with E-state index in [-0.39, 0.29) is 25.0 Å². The van der Waals surface area contributed by atoms with Crippen molar-refractivity contribution in [2.24, 2.45) is 0 Å². The minimum Gasteiger partial charge on any atom is -0.490 e. The summed E-state index contributed by atoms with van der Waals surface area (Å²) < 4.78 is 5.47. The van der Waals surface area contributed by atoms with E-state index in [4.69, 9.17) is 10.5 Å². The maximum absolute atomic E-state index is 11.5. The standard InChI is InChI=1S/C13H16N2O3/c14-10-4-1-2-5-11(10)18-9-8-15-12(16)6-3-7-13(15)17/h1-2,4-5H,3,6-9,14H2. The molecule has 0 aliphatic carbocycles. The van der Waals surface area contributed by atoms with Gasteiger partial charge in [0, 0.05) is 12.8 Å². The summed E-state index contributed by atoms with van der Waals surface area (Å²) in [6.45, 7) is 0.553. The van der Waals surface area contributed by atoms with Gasteiger partial charge >= 0.3 is 0 Å². The van der Waals surface area contributed by atoms with Crippen molar-refractivity contribution in [3.8, 4) is 5.75 Å². The maximum Gasteiger partial charge on any atom is 0.229 e. The van der Waals surface area contributed by atoms with Gasteiger partial charge in [-0.2, -0.15) is 0 Å². The number of piperidine rings is 1. The molecule has 2 rings (SSSR count). The second kappa shape index (κ2) is 5.53. The first kappa shape index (κ1) is 12.4. The number of rotatable bonds is 4. The lowest BCUT2D eigenvalue weighted by Crippen LogP contribution is -2.42. The minimum absolute atomic E-state index is 0.115. The molecule has 5 heteroatoms. The van der Waals surface area contributed by atoms with Crippen molar-refractivity contribution in [1.29, 1.82) is 0 Å². The summed E-state index contributed by atoms with van der Waals surface area (Å²) in [5, 5.41) is 0. The Morgan fingerprint density at radius 1 is 1.17 bits per heavy atom. The Kier molecular flexibility index (Phi) is 3.82. The molecule has 1 saturated heterocycles. The highest BCUT2D eigenvalue weighted by Gasteiger charge is 2.25. The van der Waals surface area contributed by atoms with Crippen molar-refractivity contribution in [2.45, 2.75) is 19.3 Å². The van der Waals surface area contributed by atoms with Gasteiger partial charge in [-0.3, -0.25) is 14.5 Å². The SMILES string of the molecule is Nc1ccccc1OCCN1C(=O)CCCC1=O. The van der Waals surface area contributed by atoms with Gasteiger partial charge < -0.3 is 10.5 Å². The molecule has 0 spiro atoms. The Balaban J connectivity index is 1.87. The van der Waals surface area contributed by atoms with E-state index < -0.39 is 0 Å². The second-order valence-electron chi connectivity index (χ2n) is 4.18. The van der Waals surface area contributed by atoms with E-state index in [0.717, 1.165) is 0 Å². The lowest BCUT2D eigenvalue weighted by atomic mass is 10.1. The number of nitrogens with zero attached hydrogens (tertiary/aromatic N) is 1. The molecule has 0 unspecified atom stereocenters. The van der Waals surface area contributed by atoms with Crippen molar-refractivity contribution in [1.82, 2.24) is 4.90 Å². The Labute approximate surface area is 106 Å². The first-order valence-electron chi connectivity index (χ1n) is 5.99. The number of benzene rings is 1. The number of ether oxygens (including phenoxy) is 1. The number of carbonyl (C=O) groups is 2. The van der Waals surface area contributed by atoms with Crippen LogP contribution in [-0.2, 0) is 9.59 Å². The molecule has 2 N–H and O–H groups in total. The van der Waals surface area contributed by atoms with Crippen LogP contribution in [-0.4, -0.2) is 29.9 Å². The van der Waals surface area contributed by atoms with Crippen LogP contribution in [0.15, 0.2) is 24.3 Å². The number of nitrogen functional groups attached to an aromatic ring is 1. The molecule has 1 heterocycles. The Bertz CT molecular complexity index is 443. The first-order chi connectivity index (χ1) is 8.68. The predicted molar refractivity (Wildman–Crippen MR) is 66.9 cm³/mol. The van der Waals surface area contributed by atoms with Crippen LogP contribution in [0.2, 0.25) is 0 Å². The average Bonchev–Trinajstić information content (AvgIpc) is 2.35. The Morgan fingerprint density at radius 3 is 2.50 bits per heavy atom. The molecular weight excluding hydrogens is 232 g/mol. The third-order valence-electron chi connectivity index (χ3n) is 2.87. The predicted octanol–water partition coefficient (Wildman–Crippen LogP) is 1.19. The van der Waals surface area contributed by atoms with Crippen LogP contribution >= 0.6 is 0 Å². The van der Waals surface area contributed by atoms with Gasteiger partial charge in [0.15, 0.2) is 0 Å². The largest absolute Gasteiger partial charge is 0.490 e. The van der Waals surface area contributed by atoms with E-state index in [9.17, 15) is 9.59 Å². The van der Waals surface area contributed by atoms with Crippen LogP contribution in [0.1, 0.15) is 19.3 Å². The zero-order valence-corrected chi connectivity index (χ0v) is 10.1. The number of hydrogen-bond acceptors (Lipinski definition) is 4. The van der Waals surface area contributed by atoms with Gasteiger partial charge in [-0.25, -0.2) is 0 Å². The quantitative estimate of drug-likeness (QED) is 0.641. The summed E-state index contributed by atoms with van der Waals surface area (Å²) in [4.78, 5) is 24.3. The summed E-state index contributed by atoms with van der Waals surface area (Å²) in [6, 6.07) is 7.14. The highest BCUT2D eigenvalue weighted by Crippen LogP contribution is 2.19. The average molecular weight is 248 g/mol. The fourth-order valence-corrected chi connectivity index (χ4v) is 1.91. The summed E-state index contributed by atoms with van der Waals surface area (Å²) >= 11 is 0. The lowest BCUT2D eigenvalue weighted by molar-refractivity contribution is -0.148. The highest BCUT2D eigenvalue weighted by molar-refractivity contribution is 5.97. The summed E-state index contributed by atoms with van der Waals surface area (Å²) in [5.41, 5.74) is 6.27. The monoisotopic (exact) mass is 248 g/mol. The van der Waals surface area contributed by atoms with Crippen LogP contribution in [0.3, 0.4) is 0 Å². The fraction of sp³-hybridized carbons (Fsp3) is 0.385. The van der Waals surface area contributed by atoms with Crippen LogP contribution in [0, 0.1) is 0 Å². The molecule has 0 atom stereocenters. The van der Waals surface area contributed by atoms with Gasteiger partial charge in [0.25, 0.3) is 0 Å². The number of para-hydroxylation sites is 2. The van der Waals surface area contributed by atoms with Gasteiger partial charge in [-0.1, -0.05) is 12.1 Å². The van der Waals surface area contributed by atoms with Crippen molar-refractivity contribution in [3.63, 3.8) is 0 Å². The molecule has 18 heavy (non-hydrogen) atoms. The van der Waals surface area contributed by atoms with E-state index in [2.05, 4.69) is 0 Å². The zero-order valence-electron chi connectivity index (χ0n) is 10.1. The minimum atomic E-state index is -0.115. The zero-order chi connectivity index (χ0) is 13.0. The Hall–Kier alpha value is -2.04. The lowest BCUT2D eigenvalue weighted by Gasteiger charge is -2.24. The van der Waals surface area contributed by atoms with Crippen LogP contribution in [0.25, 0.3) is 0 Å². The molecule has 1 aliphatic rings. The molecule has 1 aromatic carbocycles. The van der Waals surface area contributed by atoms with E-state index in [1.165, 1.54) is 4.90 Å². The third kappa shape index (κ3) is 2.80. The number of likely N-dealkylation sites (tertiary alicyclic amines) is 1. The third-order valence-corrected chi connectivity index (χ3v) is 2.87. The van der Waals surface area contributed by atoms with Gasteiger partial charge in [0.2, 0.25) is 11.8 Å². The van der Waals surface area contributed by atoms with E-state index in [1.807, 2.05) is 12.1 Å². The molecule has 2 amide bonds. The summed E-state index contributed by atoms with van der Waals surface area (Å²) in [5.74, 6) is 0.348. The van der Waals surface area contributed by atoms with E-state index in [1.54, 1.807) is 12.1 Å². The number of imide groups is 1. The summed E-state index contributed by atoms with van der Waals surface area (Å²) in [7, 11) is 0. The normalized spacial score (nSPS) is 15.9. The van der Waals surface area contributed by atoms with E-state index in [0.29, 0.717) is 30.7 Å². The molecule has 1 aromatic rings. The second-order valence-corrected chi connectivity index (χ2v) is 4.18. The molecule has 96 valence electrons. The van der Waals surface area contributed by atoms with E-state index >= 15 is 0 Å². The molecule has 0 aromatic heterocycles. The van der Waals surface area contributed by atoms with Gasteiger partial charge in [0.1, 0.15) is 12.4 Å².